The second kappa shape index (κ2) is 6.36. The first kappa shape index (κ1) is 14.5. The van der Waals surface area contributed by atoms with Crippen LogP contribution in [0.3, 0.4) is 0 Å². The maximum absolute atomic E-state index is 11.8. The van der Waals surface area contributed by atoms with Crippen molar-refractivity contribution in [2.24, 2.45) is 17.6 Å². The summed E-state index contributed by atoms with van der Waals surface area (Å²) >= 11 is 0. The van der Waals surface area contributed by atoms with Crippen LogP contribution in [0, 0.1) is 11.8 Å². The molecule has 0 bridgehead atoms. The lowest BCUT2D eigenvalue weighted by atomic mass is 10.1. The van der Waals surface area contributed by atoms with Crippen molar-refractivity contribution in [1.29, 1.82) is 0 Å². The third-order valence-corrected chi connectivity index (χ3v) is 3.76. The lowest BCUT2D eigenvalue weighted by Crippen LogP contribution is -2.47. The molecule has 2 atom stereocenters. The fourth-order valence-electron chi connectivity index (χ4n) is 2.02. The summed E-state index contributed by atoms with van der Waals surface area (Å²) in [4.78, 5) is 13.9. The van der Waals surface area contributed by atoms with Gasteiger partial charge in [0.15, 0.2) is 0 Å². The minimum absolute atomic E-state index is 0.104. The van der Waals surface area contributed by atoms with E-state index in [1.807, 2.05) is 14.0 Å². The summed E-state index contributed by atoms with van der Waals surface area (Å²) in [5, 5.41) is 3.03. The van der Waals surface area contributed by atoms with Gasteiger partial charge in [-0.15, -0.1) is 0 Å². The van der Waals surface area contributed by atoms with Gasteiger partial charge in [-0.2, -0.15) is 0 Å². The van der Waals surface area contributed by atoms with E-state index in [4.69, 9.17) is 5.73 Å². The third-order valence-electron chi connectivity index (χ3n) is 3.76. The van der Waals surface area contributed by atoms with Gasteiger partial charge in [-0.05, 0) is 38.6 Å². The molecule has 1 rings (SSSR count). The summed E-state index contributed by atoms with van der Waals surface area (Å²) in [6, 6.07) is 0.600. The molecular formula is C13H27N3O. The van der Waals surface area contributed by atoms with E-state index >= 15 is 0 Å². The Balaban J connectivity index is 2.34. The monoisotopic (exact) mass is 241 g/mol. The zero-order valence-electron chi connectivity index (χ0n) is 11.6. The van der Waals surface area contributed by atoms with Gasteiger partial charge >= 0.3 is 0 Å². The second-order valence-electron chi connectivity index (χ2n) is 5.66. The Morgan fingerprint density at radius 1 is 1.41 bits per heavy atom. The van der Waals surface area contributed by atoms with Gasteiger partial charge in [0.2, 0.25) is 5.91 Å². The zero-order chi connectivity index (χ0) is 13.0. The molecule has 0 saturated heterocycles. The van der Waals surface area contributed by atoms with Crippen LogP contribution in [0.4, 0.5) is 0 Å². The van der Waals surface area contributed by atoms with Crippen molar-refractivity contribution >= 4 is 5.91 Å². The van der Waals surface area contributed by atoms with Gasteiger partial charge in [-0.25, -0.2) is 0 Å². The van der Waals surface area contributed by atoms with Crippen molar-refractivity contribution in [3.8, 4) is 0 Å². The number of rotatable bonds is 7. The number of carbonyl (C=O) groups excluding carboxylic acids is 1. The minimum atomic E-state index is 0.104. The molecule has 1 aliphatic rings. The van der Waals surface area contributed by atoms with Crippen LogP contribution in [0.15, 0.2) is 0 Å². The van der Waals surface area contributed by atoms with Crippen LogP contribution in [-0.4, -0.2) is 43.0 Å². The van der Waals surface area contributed by atoms with Gasteiger partial charge in [-0.1, -0.05) is 13.8 Å². The van der Waals surface area contributed by atoms with Crippen molar-refractivity contribution in [3.05, 3.63) is 0 Å². The van der Waals surface area contributed by atoms with Crippen molar-refractivity contribution in [1.82, 2.24) is 10.2 Å². The highest BCUT2D eigenvalue weighted by Crippen LogP contribution is 2.34. The van der Waals surface area contributed by atoms with Gasteiger partial charge in [0.25, 0.3) is 0 Å². The first-order chi connectivity index (χ1) is 7.95. The summed E-state index contributed by atoms with van der Waals surface area (Å²) in [7, 11) is 2.00. The number of likely N-dealkylation sites (N-methyl/N-ethyl adjacent to an activating group) is 1. The lowest BCUT2D eigenvalue weighted by Gasteiger charge is -2.27. The minimum Gasteiger partial charge on any atom is -0.352 e. The van der Waals surface area contributed by atoms with Crippen molar-refractivity contribution in [2.45, 2.75) is 45.7 Å². The molecule has 0 spiro atoms. The first-order valence-corrected chi connectivity index (χ1v) is 6.65. The number of hydrogen-bond donors (Lipinski definition) is 2. The van der Waals surface area contributed by atoms with Crippen molar-refractivity contribution in [3.63, 3.8) is 0 Å². The summed E-state index contributed by atoms with van der Waals surface area (Å²) in [5.74, 6) is 1.28. The Kier molecular flexibility index (Phi) is 5.40. The largest absolute Gasteiger partial charge is 0.352 e. The summed E-state index contributed by atoms with van der Waals surface area (Å²) in [5.41, 5.74) is 5.77. The second-order valence-corrected chi connectivity index (χ2v) is 5.66. The van der Waals surface area contributed by atoms with Crippen LogP contribution in [0.2, 0.25) is 0 Å². The van der Waals surface area contributed by atoms with Crippen LogP contribution in [0.5, 0.6) is 0 Å². The molecule has 17 heavy (non-hydrogen) atoms. The predicted octanol–water partition coefficient (Wildman–Crippen LogP) is 0.816. The number of amides is 1. The molecule has 0 aliphatic heterocycles. The van der Waals surface area contributed by atoms with E-state index < -0.39 is 0 Å². The fraction of sp³-hybridized carbons (Fsp3) is 0.923. The number of nitrogens with one attached hydrogen (secondary N) is 1. The molecule has 1 amide bonds. The molecule has 0 aromatic rings. The Bertz CT molecular complexity index is 251. The van der Waals surface area contributed by atoms with Gasteiger partial charge in [0.1, 0.15) is 0 Å². The van der Waals surface area contributed by atoms with Crippen LogP contribution < -0.4 is 11.1 Å². The quantitative estimate of drug-likeness (QED) is 0.693. The van der Waals surface area contributed by atoms with Gasteiger partial charge in [0, 0.05) is 18.6 Å². The number of carbonyl (C=O) groups is 1. The highest BCUT2D eigenvalue weighted by Gasteiger charge is 2.33. The summed E-state index contributed by atoms with van der Waals surface area (Å²) in [6.45, 7) is 7.37. The molecule has 4 heteroatoms. The standard InChI is InChI=1S/C13H27N3O/c1-9(2)10(3)15-13(17)8-16(4)12(7-14)11-5-6-11/h9-12H,5-8,14H2,1-4H3,(H,15,17). The zero-order valence-corrected chi connectivity index (χ0v) is 11.6. The Morgan fingerprint density at radius 3 is 2.41 bits per heavy atom. The number of hydrogen-bond acceptors (Lipinski definition) is 3. The van der Waals surface area contributed by atoms with E-state index in [2.05, 4.69) is 24.1 Å². The van der Waals surface area contributed by atoms with Crippen LogP contribution >= 0.6 is 0 Å². The van der Waals surface area contributed by atoms with E-state index in [0.29, 0.717) is 31.0 Å². The Morgan fingerprint density at radius 2 is 2.00 bits per heavy atom. The highest BCUT2D eigenvalue weighted by atomic mass is 16.2. The molecule has 2 unspecified atom stereocenters. The fourth-order valence-corrected chi connectivity index (χ4v) is 2.02. The molecule has 0 aromatic heterocycles. The van der Waals surface area contributed by atoms with E-state index in [9.17, 15) is 4.79 Å². The van der Waals surface area contributed by atoms with Crippen LogP contribution in [-0.2, 0) is 4.79 Å². The smallest absolute Gasteiger partial charge is 0.234 e. The van der Waals surface area contributed by atoms with Gasteiger partial charge < -0.3 is 11.1 Å². The molecule has 0 aromatic carbocycles. The Labute approximate surface area is 105 Å². The topological polar surface area (TPSA) is 58.4 Å². The molecule has 0 heterocycles. The van der Waals surface area contributed by atoms with E-state index in [1.54, 1.807) is 0 Å². The molecule has 0 radical (unpaired) electrons. The predicted molar refractivity (Wildman–Crippen MR) is 70.6 cm³/mol. The average molecular weight is 241 g/mol. The van der Waals surface area contributed by atoms with E-state index in [0.717, 1.165) is 0 Å². The summed E-state index contributed by atoms with van der Waals surface area (Å²) in [6.07, 6.45) is 2.52. The van der Waals surface area contributed by atoms with Crippen LogP contribution in [0.1, 0.15) is 33.6 Å². The molecule has 4 nitrogen and oxygen atoms in total. The lowest BCUT2D eigenvalue weighted by molar-refractivity contribution is -0.123. The molecule has 1 fully saturated rings. The molecule has 3 N–H and O–H groups in total. The molecule has 100 valence electrons. The number of nitrogens with zero attached hydrogens (tertiary/aromatic N) is 1. The highest BCUT2D eigenvalue weighted by molar-refractivity contribution is 5.78. The molecular weight excluding hydrogens is 214 g/mol. The Hall–Kier alpha value is -0.610. The SMILES string of the molecule is CC(C)C(C)NC(=O)CN(C)C(CN)C1CC1. The van der Waals surface area contributed by atoms with Gasteiger partial charge in [-0.3, -0.25) is 9.69 Å². The van der Waals surface area contributed by atoms with E-state index in [1.165, 1.54) is 12.8 Å². The van der Waals surface area contributed by atoms with E-state index in [-0.39, 0.29) is 11.9 Å². The first-order valence-electron chi connectivity index (χ1n) is 6.65. The van der Waals surface area contributed by atoms with Crippen molar-refractivity contribution in [2.75, 3.05) is 20.1 Å². The molecule has 1 saturated carbocycles. The normalized spacial score (nSPS) is 19.5. The summed E-state index contributed by atoms with van der Waals surface area (Å²) < 4.78 is 0. The third kappa shape index (κ3) is 4.64. The maximum Gasteiger partial charge on any atom is 0.234 e. The van der Waals surface area contributed by atoms with Crippen LogP contribution in [0.25, 0.3) is 0 Å². The van der Waals surface area contributed by atoms with Gasteiger partial charge in [0.05, 0.1) is 6.54 Å². The number of nitrogens with two attached hydrogens (primary N) is 1. The maximum atomic E-state index is 11.8. The average Bonchev–Trinajstić information content (AvgIpc) is 3.02. The van der Waals surface area contributed by atoms with Crippen molar-refractivity contribution < 1.29 is 4.79 Å². The molecule has 1 aliphatic carbocycles.